The third kappa shape index (κ3) is 3.73. The summed E-state index contributed by atoms with van der Waals surface area (Å²) in [6.07, 6.45) is 4.48. The number of H-pyrrole nitrogens is 1. The van der Waals surface area contributed by atoms with E-state index in [1.54, 1.807) is 0 Å². The molecule has 0 aliphatic carbocycles. The molecule has 0 atom stereocenters. The van der Waals surface area contributed by atoms with Gasteiger partial charge in [-0.1, -0.05) is 18.2 Å². The summed E-state index contributed by atoms with van der Waals surface area (Å²) in [6.45, 7) is 2.76. The van der Waals surface area contributed by atoms with Gasteiger partial charge < -0.3 is 15.6 Å². The molecule has 0 spiro atoms. The van der Waals surface area contributed by atoms with Crippen molar-refractivity contribution in [2.45, 2.75) is 13.3 Å². The molecule has 2 aromatic carbocycles. The molecular weight excluding hydrogens is 408 g/mol. The van der Waals surface area contributed by atoms with Gasteiger partial charge in [0.15, 0.2) is 12.4 Å². The number of aromatic amines is 1. The smallest absolute Gasteiger partial charge is 0.340 e. The SMILES string of the molecule is Cc1c2c[n+](C)ccc2c(C(=O)NCCCNC(=O)N(C)N=O)c2[nH]c3ccccc3c12. The minimum atomic E-state index is -0.580. The second kappa shape index (κ2) is 8.62. The van der Waals surface area contributed by atoms with E-state index in [0.29, 0.717) is 30.1 Å². The van der Waals surface area contributed by atoms with Crippen molar-refractivity contribution in [3.8, 4) is 0 Å². The van der Waals surface area contributed by atoms with Crippen LogP contribution >= 0.6 is 0 Å². The monoisotopic (exact) mass is 433 g/mol. The molecule has 4 rings (SSSR count). The minimum Gasteiger partial charge on any atom is -0.354 e. The molecule has 0 radical (unpaired) electrons. The largest absolute Gasteiger partial charge is 0.354 e. The molecule has 4 aromatic rings. The van der Waals surface area contributed by atoms with E-state index in [-0.39, 0.29) is 5.91 Å². The molecule has 2 heterocycles. The number of pyridine rings is 1. The Balaban J connectivity index is 1.66. The van der Waals surface area contributed by atoms with E-state index in [2.05, 4.69) is 33.9 Å². The van der Waals surface area contributed by atoms with Crippen molar-refractivity contribution in [1.82, 2.24) is 20.6 Å². The summed E-state index contributed by atoms with van der Waals surface area (Å²) in [5, 5.41) is 12.8. The maximum Gasteiger partial charge on any atom is 0.340 e. The molecule has 0 aliphatic rings. The molecule has 9 heteroatoms. The maximum atomic E-state index is 13.3. The number of para-hydroxylation sites is 1. The van der Waals surface area contributed by atoms with Crippen molar-refractivity contribution in [3.63, 3.8) is 0 Å². The Morgan fingerprint density at radius 2 is 1.84 bits per heavy atom. The molecule has 164 valence electrons. The van der Waals surface area contributed by atoms with Gasteiger partial charge in [0, 0.05) is 47.9 Å². The van der Waals surface area contributed by atoms with E-state index in [9.17, 15) is 14.5 Å². The number of aryl methyl sites for hydroxylation is 2. The highest BCUT2D eigenvalue weighted by Gasteiger charge is 2.22. The normalized spacial score (nSPS) is 11.1. The van der Waals surface area contributed by atoms with Crippen LogP contribution in [-0.2, 0) is 7.05 Å². The zero-order chi connectivity index (χ0) is 22.8. The Morgan fingerprint density at radius 3 is 2.62 bits per heavy atom. The predicted octanol–water partition coefficient (Wildman–Crippen LogP) is 3.05. The van der Waals surface area contributed by atoms with Crippen LogP contribution in [0, 0.1) is 11.8 Å². The van der Waals surface area contributed by atoms with Gasteiger partial charge in [0.05, 0.1) is 21.8 Å². The number of rotatable bonds is 6. The fourth-order valence-electron chi connectivity index (χ4n) is 4.06. The van der Waals surface area contributed by atoms with Crippen LogP contribution in [0.15, 0.2) is 48.0 Å². The highest BCUT2D eigenvalue weighted by Crippen LogP contribution is 2.36. The quantitative estimate of drug-likeness (QED) is 0.188. The number of carbonyl (C=O) groups is 2. The van der Waals surface area contributed by atoms with Crippen molar-refractivity contribution >= 4 is 44.5 Å². The second-order valence-electron chi connectivity index (χ2n) is 7.80. The first kappa shape index (κ1) is 21.2. The number of hydrogen-bond donors (Lipinski definition) is 3. The molecule has 0 unspecified atom stereocenters. The van der Waals surface area contributed by atoms with Gasteiger partial charge in [-0.15, -0.1) is 4.91 Å². The lowest BCUT2D eigenvalue weighted by Crippen LogP contribution is -2.35. The lowest BCUT2D eigenvalue weighted by Gasteiger charge is -2.12. The molecule has 9 nitrogen and oxygen atoms in total. The number of aromatic nitrogens is 2. The number of nitrogens with one attached hydrogen (secondary N) is 3. The number of fused-ring (bicyclic) bond motifs is 4. The summed E-state index contributed by atoms with van der Waals surface area (Å²) >= 11 is 0. The number of hydrogen-bond acceptors (Lipinski definition) is 4. The van der Waals surface area contributed by atoms with Gasteiger partial charge in [-0.2, -0.15) is 5.01 Å². The van der Waals surface area contributed by atoms with Crippen LogP contribution in [0.4, 0.5) is 4.79 Å². The summed E-state index contributed by atoms with van der Waals surface area (Å²) in [5.41, 5.74) is 3.52. The molecule has 0 saturated carbocycles. The van der Waals surface area contributed by atoms with Crippen molar-refractivity contribution < 1.29 is 14.2 Å². The third-order valence-electron chi connectivity index (χ3n) is 5.66. The zero-order valence-electron chi connectivity index (χ0n) is 18.2. The van der Waals surface area contributed by atoms with E-state index in [1.807, 2.05) is 48.3 Å². The van der Waals surface area contributed by atoms with Gasteiger partial charge >= 0.3 is 6.03 Å². The highest BCUT2D eigenvalue weighted by molar-refractivity contribution is 6.24. The van der Waals surface area contributed by atoms with Crippen LogP contribution in [0.1, 0.15) is 22.3 Å². The Kier molecular flexibility index (Phi) is 5.72. The van der Waals surface area contributed by atoms with Gasteiger partial charge in [-0.3, -0.25) is 4.79 Å². The Bertz CT molecular complexity index is 1360. The fourth-order valence-corrected chi connectivity index (χ4v) is 4.06. The van der Waals surface area contributed by atoms with Crippen LogP contribution in [0.5, 0.6) is 0 Å². The molecule has 3 N–H and O–H groups in total. The fraction of sp³-hybridized carbons (Fsp3) is 0.261. The Labute approximate surface area is 184 Å². The number of nitrogens with zero attached hydrogens (tertiary/aromatic N) is 3. The molecule has 3 amide bonds. The van der Waals surface area contributed by atoms with Crippen LogP contribution in [0.25, 0.3) is 32.6 Å². The van der Waals surface area contributed by atoms with Gasteiger partial charge in [0.1, 0.15) is 7.05 Å². The summed E-state index contributed by atoms with van der Waals surface area (Å²) in [7, 11) is 3.24. The minimum absolute atomic E-state index is 0.182. The molecule has 0 fully saturated rings. The predicted molar refractivity (Wildman–Crippen MR) is 123 cm³/mol. The standard InChI is InChI=1S/C23H24N6O3/c1-14-17-13-28(2)12-9-15(17)20(21-19(14)16-7-4-5-8-18(16)26-21)22(30)24-10-6-11-25-23(31)29(3)27-32/h4-5,7-9,12-13H,6,10-11H2,1-3H3,(H2,24,25,30,31)/p+1. The van der Waals surface area contributed by atoms with E-state index < -0.39 is 6.03 Å². The number of urea groups is 1. The molecule has 2 aromatic heterocycles. The third-order valence-corrected chi connectivity index (χ3v) is 5.66. The first-order valence-corrected chi connectivity index (χ1v) is 10.4. The van der Waals surface area contributed by atoms with Crippen LogP contribution in [0.3, 0.4) is 0 Å². The molecule has 0 bridgehead atoms. The van der Waals surface area contributed by atoms with E-state index in [4.69, 9.17) is 0 Å². The van der Waals surface area contributed by atoms with Crippen molar-refractivity contribution in [1.29, 1.82) is 0 Å². The van der Waals surface area contributed by atoms with Crippen LogP contribution in [-0.4, -0.2) is 42.1 Å². The Hall–Kier alpha value is -4.01. The summed E-state index contributed by atoms with van der Waals surface area (Å²) in [5.74, 6) is -0.182. The van der Waals surface area contributed by atoms with Crippen LogP contribution < -0.4 is 15.2 Å². The topological polar surface area (TPSA) is 111 Å². The molecule has 32 heavy (non-hydrogen) atoms. The lowest BCUT2D eigenvalue weighted by atomic mass is 9.95. The number of amides is 3. The van der Waals surface area contributed by atoms with Gasteiger partial charge in [-0.25, -0.2) is 9.36 Å². The van der Waals surface area contributed by atoms with Gasteiger partial charge in [-0.05, 0) is 25.0 Å². The number of benzene rings is 2. The van der Waals surface area contributed by atoms with Gasteiger partial charge in [0.2, 0.25) is 0 Å². The van der Waals surface area contributed by atoms with Crippen molar-refractivity contribution in [3.05, 3.63) is 58.8 Å². The van der Waals surface area contributed by atoms with Crippen molar-refractivity contribution in [2.24, 2.45) is 12.3 Å². The van der Waals surface area contributed by atoms with Gasteiger partial charge in [0.25, 0.3) is 5.91 Å². The maximum absolute atomic E-state index is 13.3. The molecule has 0 aliphatic heterocycles. The number of carbonyl (C=O) groups excluding carboxylic acids is 2. The lowest BCUT2D eigenvalue weighted by molar-refractivity contribution is -0.670. The van der Waals surface area contributed by atoms with Crippen LogP contribution in [0.2, 0.25) is 0 Å². The van der Waals surface area contributed by atoms with E-state index >= 15 is 0 Å². The van der Waals surface area contributed by atoms with E-state index in [0.717, 1.165) is 38.1 Å². The van der Waals surface area contributed by atoms with Crippen molar-refractivity contribution in [2.75, 3.05) is 20.1 Å². The summed E-state index contributed by atoms with van der Waals surface area (Å²) in [6, 6.07) is 9.42. The molecular formula is C23H25N6O3+. The average molecular weight is 433 g/mol. The summed E-state index contributed by atoms with van der Waals surface area (Å²) < 4.78 is 1.98. The summed E-state index contributed by atoms with van der Waals surface area (Å²) in [4.78, 5) is 38.7. The Morgan fingerprint density at radius 1 is 1.09 bits per heavy atom. The first-order chi connectivity index (χ1) is 15.4. The highest BCUT2D eigenvalue weighted by atomic mass is 16.3. The molecule has 0 saturated heterocycles. The number of nitroso groups, excluding NO2 is 1. The van der Waals surface area contributed by atoms with E-state index in [1.165, 1.54) is 7.05 Å². The zero-order valence-corrected chi connectivity index (χ0v) is 18.2. The second-order valence-corrected chi connectivity index (χ2v) is 7.80. The average Bonchev–Trinajstić information content (AvgIpc) is 3.18. The first-order valence-electron chi connectivity index (χ1n) is 10.4.